The van der Waals surface area contributed by atoms with Crippen molar-refractivity contribution in [3.05, 3.63) is 52.5 Å². The van der Waals surface area contributed by atoms with Crippen LogP contribution in [0.5, 0.6) is 11.5 Å². The molecule has 154 valence electrons. The van der Waals surface area contributed by atoms with E-state index in [1.807, 2.05) is 13.8 Å². The zero-order valence-electron chi connectivity index (χ0n) is 16.8. The van der Waals surface area contributed by atoms with Crippen LogP contribution in [0, 0.1) is 5.92 Å². The smallest absolute Gasteiger partial charge is 0.255 e. The maximum atomic E-state index is 12.6. The molecule has 0 saturated heterocycles. The Morgan fingerprint density at radius 3 is 2.38 bits per heavy atom. The molecule has 29 heavy (non-hydrogen) atoms. The number of hydrogen-bond donors (Lipinski definition) is 2. The average molecular weight is 417 g/mol. The molecule has 0 radical (unpaired) electrons. The first-order valence-corrected chi connectivity index (χ1v) is 9.97. The fraction of sp³-hybridized carbons (Fsp3) is 0.364. The molecular weight excluding hydrogens is 392 g/mol. The maximum Gasteiger partial charge on any atom is 0.255 e. The second-order valence-electron chi connectivity index (χ2n) is 7.47. The highest BCUT2D eigenvalue weighted by molar-refractivity contribution is 6.32. The highest BCUT2D eigenvalue weighted by atomic mass is 35.5. The molecule has 1 saturated carbocycles. The van der Waals surface area contributed by atoms with Gasteiger partial charge in [0.15, 0.2) is 11.5 Å². The maximum absolute atomic E-state index is 12.6. The summed E-state index contributed by atoms with van der Waals surface area (Å²) in [5, 5.41) is 6.04. The topological polar surface area (TPSA) is 76.7 Å². The molecule has 2 aromatic rings. The third-order valence-electron chi connectivity index (χ3n) is 4.37. The van der Waals surface area contributed by atoms with Gasteiger partial charge >= 0.3 is 0 Å². The lowest BCUT2D eigenvalue weighted by molar-refractivity contribution is 0.0950. The second kappa shape index (κ2) is 9.18. The van der Waals surface area contributed by atoms with Crippen molar-refractivity contribution in [3.63, 3.8) is 0 Å². The molecule has 0 atom stereocenters. The third kappa shape index (κ3) is 5.64. The fourth-order valence-corrected chi connectivity index (χ4v) is 2.91. The monoisotopic (exact) mass is 416 g/mol. The number of benzene rings is 2. The average Bonchev–Trinajstić information content (AvgIpc) is 3.50. The number of methoxy groups -OCH3 is 1. The number of rotatable bonds is 8. The number of carbonyl (C=O) groups is 2. The van der Waals surface area contributed by atoms with Gasteiger partial charge in [-0.1, -0.05) is 25.4 Å². The van der Waals surface area contributed by atoms with Crippen molar-refractivity contribution < 1.29 is 19.1 Å². The van der Waals surface area contributed by atoms with Gasteiger partial charge in [-0.2, -0.15) is 0 Å². The zero-order chi connectivity index (χ0) is 21.0. The molecule has 0 heterocycles. The van der Waals surface area contributed by atoms with Crippen LogP contribution in [0.1, 0.15) is 47.4 Å². The lowest BCUT2D eigenvalue weighted by Gasteiger charge is -2.15. The van der Waals surface area contributed by atoms with Gasteiger partial charge in [-0.05, 0) is 55.2 Å². The SMILES string of the molecule is COc1cc(C(=O)Nc2ccc(C(=O)NC3CC3)cc2)cc(Cl)c1OCC(C)C. The first kappa shape index (κ1) is 21.0. The molecule has 2 N–H and O–H groups in total. The minimum absolute atomic E-state index is 0.0983. The van der Waals surface area contributed by atoms with Crippen LogP contribution in [0.3, 0.4) is 0 Å². The van der Waals surface area contributed by atoms with Crippen molar-refractivity contribution in [1.29, 1.82) is 0 Å². The van der Waals surface area contributed by atoms with Crippen molar-refractivity contribution >= 4 is 29.1 Å². The van der Waals surface area contributed by atoms with Crippen LogP contribution in [0.2, 0.25) is 5.02 Å². The molecule has 1 fully saturated rings. The Balaban J connectivity index is 1.69. The number of nitrogens with one attached hydrogen (secondary N) is 2. The molecule has 0 bridgehead atoms. The summed E-state index contributed by atoms with van der Waals surface area (Å²) >= 11 is 6.32. The van der Waals surface area contributed by atoms with Crippen molar-refractivity contribution in [2.24, 2.45) is 5.92 Å². The van der Waals surface area contributed by atoms with Crippen LogP contribution in [0.4, 0.5) is 5.69 Å². The number of amides is 2. The molecule has 0 unspecified atom stereocenters. The van der Waals surface area contributed by atoms with Gasteiger partial charge in [0.2, 0.25) is 0 Å². The first-order chi connectivity index (χ1) is 13.9. The highest BCUT2D eigenvalue weighted by Crippen LogP contribution is 2.37. The van der Waals surface area contributed by atoms with E-state index in [1.54, 1.807) is 36.4 Å². The van der Waals surface area contributed by atoms with E-state index in [1.165, 1.54) is 7.11 Å². The Kier molecular flexibility index (Phi) is 6.64. The summed E-state index contributed by atoms with van der Waals surface area (Å²) in [6.07, 6.45) is 2.07. The minimum Gasteiger partial charge on any atom is -0.493 e. The van der Waals surface area contributed by atoms with Crippen LogP contribution < -0.4 is 20.1 Å². The summed E-state index contributed by atoms with van der Waals surface area (Å²) in [5.74, 6) is 0.712. The van der Waals surface area contributed by atoms with Gasteiger partial charge < -0.3 is 20.1 Å². The molecular formula is C22H25ClN2O4. The van der Waals surface area contributed by atoms with Crippen molar-refractivity contribution in [2.45, 2.75) is 32.7 Å². The number of halogens is 1. The van der Waals surface area contributed by atoms with Gasteiger partial charge in [0.05, 0.1) is 18.7 Å². The molecule has 0 aliphatic heterocycles. The standard InChI is InChI=1S/C22H25ClN2O4/c1-13(2)12-29-20-18(23)10-15(11-19(20)28-3)22(27)25-16-6-4-14(5-7-16)21(26)24-17-8-9-17/h4-7,10-11,13,17H,8-9,12H2,1-3H3,(H,24,26)(H,25,27). The molecule has 0 aromatic heterocycles. The second-order valence-corrected chi connectivity index (χ2v) is 7.88. The molecule has 1 aliphatic rings. The summed E-state index contributed by atoms with van der Waals surface area (Å²) in [6, 6.07) is 10.2. The van der Waals surface area contributed by atoms with Crippen LogP contribution in [0.25, 0.3) is 0 Å². The van der Waals surface area contributed by atoms with E-state index in [-0.39, 0.29) is 11.8 Å². The molecule has 1 aliphatic carbocycles. The van der Waals surface area contributed by atoms with E-state index in [9.17, 15) is 9.59 Å². The van der Waals surface area contributed by atoms with Crippen molar-refractivity contribution in [2.75, 3.05) is 19.0 Å². The molecule has 2 amide bonds. The lowest BCUT2D eigenvalue weighted by atomic mass is 10.1. The Morgan fingerprint density at radius 2 is 1.79 bits per heavy atom. The fourth-order valence-electron chi connectivity index (χ4n) is 2.65. The number of anilines is 1. The van der Waals surface area contributed by atoms with Gasteiger partial charge in [0.1, 0.15) is 0 Å². The summed E-state index contributed by atoms with van der Waals surface area (Å²) in [5.41, 5.74) is 1.48. The van der Waals surface area contributed by atoms with Crippen LogP contribution in [0.15, 0.2) is 36.4 Å². The Morgan fingerprint density at radius 1 is 1.10 bits per heavy atom. The highest BCUT2D eigenvalue weighted by Gasteiger charge is 2.23. The van der Waals surface area contributed by atoms with Crippen LogP contribution in [-0.4, -0.2) is 31.6 Å². The minimum atomic E-state index is -0.337. The molecule has 6 nitrogen and oxygen atoms in total. The van der Waals surface area contributed by atoms with E-state index < -0.39 is 0 Å². The molecule has 3 rings (SSSR count). The van der Waals surface area contributed by atoms with E-state index in [2.05, 4.69) is 10.6 Å². The Labute approximate surface area is 175 Å². The van der Waals surface area contributed by atoms with Gasteiger partial charge in [-0.25, -0.2) is 0 Å². The quantitative estimate of drug-likeness (QED) is 0.662. The molecule has 2 aromatic carbocycles. The number of carbonyl (C=O) groups excluding carboxylic acids is 2. The summed E-state index contributed by atoms with van der Waals surface area (Å²) < 4.78 is 11.1. The molecule has 7 heteroatoms. The Bertz CT molecular complexity index is 892. The van der Waals surface area contributed by atoms with Crippen molar-refractivity contribution in [1.82, 2.24) is 5.32 Å². The Hall–Kier alpha value is -2.73. The summed E-state index contributed by atoms with van der Waals surface area (Å²) in [6.45, 7) is 4.55. The zero-order valence-corrected chi connectivity index (χ0v) is 17.5. The normalized spacial score (nSPS) is 13.1. The predicted molar refractivity (Wildman–Crippen MR) is 113 cm³/mol. The third-order valence-corrected chi connectivity index (χ3v) is 4.65. The van der Waals surface area contributed by atoms with Gasteiger partial charge in [-0.3, -0.25) is 9.59 Å². The van der Waals surface area contributed by atoms with E-state index in [0.29, 0.717) is 51.9 Å². The van der Waals surface area contributed by atoms with Crippen molar-refractivity contribution in [3.8, 4) is 11.5 Å². The van der Waals surface area contributed by atoms with Gasteiger partial charge in [-0.15, -0.1) is 0 Å². The summed E-state index contributed by atoms with van der Waals surface area (Å²) in [7, 11) is 1.50. The lowest BCUT2D eigenvalue weighted by Crippen LogP contribution is -2.25. The van der Waals surface area contributed by atoms with Gasteiger partial charge in [0.25, 0.3) is 11.8 Å². The first-order valence-electron chi connectivity index (χ1n) is 9.60. The summed E-state index contributed by atoms with van der Waals surface area (Å²) in [4.78, 5) is 24.7. The number of ether oxygens (including phenoxy) is 2. The number of hydrogen-bond acceptors (Lipinski definition) is 4. The van der Waals surface area contributed by atoms with E-state index >= 15 is 0 Å². The van der Waals surface area contributed by atoms with Crippen LogP contribution in [-0.2, 0) is 0 Å². The van der Waals surface area contributed by atoms with E-state index in [0.717, 1.165) is 12.8 Å². The van der Waals surface area contributed by atoms with E-state index in [4.69, 9.17) is 21.1 Å². The largest absolute Gasteiger partial charge is 0.493 e. The van der Waals surface area contributed by atoms with Crippen LogP contribution >= 0.6 is 11.6 Å². The van der Waals surface area contributed by atoms with Gasteiger partial charge in [0, 0.05) is 22.9 Å². The molecule has 0 spiro atoms. The predicted octanol–water partition coefficient (Wildman–Crippen LogP) is 4.53.